The molecule has 0 radical (unpaired) electrons. The molecule has 10 heteroatoms. The maximum Gasteiger partial charge on any atom is 0.351 e. The van der Waals surface area contributed by atoms with Crippen molar-refractivity contribution in [1.82, 2.24) is 19.5 Å². The third kappa shape index (κ3) is 2.90. The van der Waals surface area contributed by atoms with E-state index in [1.165, 1.54) is 17.2 Å². The maximum atomic E-state index is 10.9. The number of ether oxygens (including phenoxy) is 1. The first kappa shape index (κ1) is 13.9. The molecule has 0 aliphatic heterocycles. The van der Waals surface area contributed by atoms with Crippen LogP contribution in [0.5, 0.6) is 0 Å². The zero-order valence-electron chi connectivity index (χ0n) is 10.4. The van der Waals surface area contributed by atoms with Crippen molar-refractivity contribution in [2.24, 2.45) is 0 Å². The summed E-state index contributed by atoms with van der Waals surface area (Å²) in [5.41, 5.74) is 5.48. The summed E-state index contributed by atoms with van der Waals surface area (Å²) in [5, 5.41) is 0. The minimum Gasteiger partial charge on any atom is -0.382 e. The molecule has 2 heterocycles. The smallest absolute Gasteiger partial charge is 0.351 e. The van der Waals surface area contributed by atoms with Crippen LogP contribution in [0.15, 0.2) is 12.7 Å². The van der Waals surface area contributed by atoms with Gasteiger partial charge in [-0.15, -0.1) is 0 Å². The fourth-order valence-corrected chi connectivity index (χ4v) is 2.04. The van der Waals surface area contributed by atoms with Gasteiger partial charge in [0.2, 0.25) is 0 Å². The van der Waals surface area contributed by atoms with Crippen LogP contribution in [0.2, 0.25) is 0 Å². The fourth-order valence-electron chi connectivity index (χ4n) is 1.56. The van der Waals surface area contributed by atoms with Crippen molar-refractivity contribution in [3.8, 4) is 0 Å². The van der Waals surface area contributed by atoms with Gasteiger partial charge < -0.3 is 20.3 Å². The number of nitrogens with zero attached hydrogens (tertiary/aromatic N) is 4. The Morgan fingerprint density at radius 2 is 2.11 bits per heavy atom. The molecule has 0 aliphatic carbocycles. The summed E-state index contributed by atoms with van der Waals surface area (Å²) >= 11 is 0. The molecule has 19 heavy (non-hydrogen) atoms. The number of rotatable bonds is 4. The Bertz CT molecular complexity index is 649. The van der Waals surface area contributed by atoms with Crippen molar-refractivity contribution in [2.75, 3.05) is 12.1 Å². The van der Waals surface area contributed by atoms with E-state index >= 15 is 0 Å². The Morgan fingerprint density at radius 3 is 2.74 bits per heavy atom. The van der Waals surface area contributed by atoms with Crippen LogP contribution in [0, 0.1) is 0 Å². The van der Waals surface area contributed by atoms with Gasteiger partial charge in [-0.2, -0.15) is 0 Å². The van der Waals surface area contributed by atoms with Gasteiger partial charge in [-0.25, -0.2) is 15.0 Å². The van der Waals surface area contributed by atoms with Crippen molar-refractivity contribution in [3.63, 3.8) is 0 Å². The van der Waals surface area contributed by atoms with Crippen LogP contribution in [0.4, 0.5) is 5.82 Å². The molecule has 0 saturated carbocycles. The minimum atomic E-state index is -4.25. The summed E-state index contributed by atoms with van der Waals surface area (Å²) in [6.45, 7) is 3.28. The van der Waals surface area contributed by atoms with Gasteiger partial charge in [0, 0.05) is 0 Å². The van der Waals surface area contributed by atoms with Gasteiger partial charge in [0.25, 0.3) is 0 Å². The zero-order valence-corrected chi connectivity index (χ0v) is 11.3. The summed E-state index contributed by atoms with van der Waals surface area (Å²) in [6.07, 6.45) is 2.03. The lowest BCUT2D eigenvalue weighted by Gasteiger charge is -2.27. The number of anilines is 1. The summed E-state index contributed by atoms with van der Waals surface area (Å²) in [6, 6.07) is 0. The summed E-state index contributed by atoms with van der Waals surface area (Å²) in [5.74, 6) is 0.231. The van der Waals surface area contributed by atoms with Crippen molar-refractivity contribution in [1.29, 1.82) is 0 Å². The second-order valence-electron chi connectivity index (χ2n) is 4.43. The highest BCUT2D eigenvalue weighted by atomic mass is 31.2. The molecular weight excluding hydrogens is 273 g/mol. The lowest BCUT2D eigenvalue weighted by Crippen LogP contribution is -2.30. The van der Waals surface area contributed by atoms with E-state index in [9.17, 15) is 4.57 Å². The number of imidazole rings is 1. The zero-order chi connectivity index (χ0) is 14.3. The minimum absolute atomic E-state index is 0.231. The van der Waals surface area contributed by atoms with Crippen LogP contribution in [0.25, 0.3) is 11.2 Å². The van der Waals surface area contributed by atoms with E-state index in [1.807, 2.05) is 0 Å². The maximum absolute atomic E-state index is 10.9. The van der Waals surface area contributed by atoms with Gasteiger partial charge in [0.1, 0.15) is 17.6 Å². The van der Waals surface area contributed by atoms with Crippen LogP contribution in [0.3, 0.4) is 0 Å². The molecule has 0 bridgehead atoms. The second-order valence-corrected chi connectivity index (χ2v) is 6.02. The normalized spacial score (nSPS) is 13.1. The van der Waals surface area contributed by atoms with Crippen LogP contribution >= 0.6 is 7.60 Å². The average molecular weight is 287 g/mol. The average Bonchev–Trinajstić information content (AvgIpc) is 2.72. The molecule has 104 valence electrons. The van der Waals surface area contributed by atoms with E-state index in [1.54, 1.807) is 13.8 Å². The van der Waals surface area contributed by atoms with E-state index in [0.29, 0.717) is 11.2 Å². The largest absolute Gasteiger partial charge is 0.382 e. The van der Waals surface area contributed by atoms with Gasteiger partial charge in [0.15, 0.2) is 17.8 Å². The van der Waals surface area contributed by atoms with Crippen LogP contribution in [0.1, 0.15) is 13.8 Å². The second kappa shape index (κ2) is 4.53. The Hall–Kier alpha value is -1.54. The highest BCUT2D eigenvalue weighted by Gasteiger charge is 2.27. The monoisotopic (exact) mass is 287 g/mol. The third-order valence-corrected chi connectivity index (χ3v) is 2.99. The third-order valence-electron chi connectivity index (χ3n) is 2.53. The molecule has 0 spiro atoms. The van der Waals surface area contributed by atoms with E-state index < -0.39 is 19.7 Å². The molecule has 2 aromatic rings. The van der Waals surface area contributed by atoms with Crippen LogP contribution < -0.4 is 5.73 Å². The molecule has 0 saturated heterocycles. The predicted octanol–water partition coefficient (Wildman–Crippen LogP) is 0.253. The van der Waals surface area contributed by atoms with Gasteiger partial charge in [-0.05, 0) is 13.8 Å². The summed E-state index contributed by atoms with van der Waals surface area (Å²) in [7, 11) is -4.25. The quantitative estimate of drug-likeness (QED) is 0.681. The predicted molar refractivity (Wildman–Crippen MR) is 67.1 cm³/mol. The Morgan fingerprint density at radius 1 is 1.42 bits per heavy atom. The Kier molecular flexibility index (Phi) is 3.31. The molecule has 9 nitrogen and oxygen atoms in total. The molecule has 0 aliphatic rings. The molecule has 0 aromatic carbocycles. The Balaban J connectivity index is 2.38. The molecule has 2 aromatic heterocycles. The lowest BCUT2D eigenvalue weighted by atomic mass is 10.3. The van der Waals surface area contributed by atoms with Gasteiger partial charge in [0.05, 0.1) is 6.33 Å². The van der Waals surface area contributed by atoms with Crippen molar-refractivity contribution < 1.29 is 19.1 Å². The number of fused-ring (bicyclic) bond motifs is 1. The fraction of sp³-hybridized carbons (Fsp3) is 0.444. The van der Waals surface area contributed by atoms with E-state index in [4.69, 9.17) is 20.3 Å². The van der Waals surface area contributed by atoms with Gasteiger partial charge >= 0.3 is 7.60 Å². The first-order valence-electron chi connectivity index (χ1n) is 5.33. The first-order valence-corrected chi connectivity index (χ1v) is 7.13. The molecule has 0 fully saturated rings. The standard InChI is InChI=1S/C9H14N5O4P/c1-9(2,18-5-19(15,16)17)14-4-13-6-7(10)11-3-12-8(6)14/h3-4H,5H2,1-2H3,(H2,10,11,12)(H2,15,16,17). The number of nitrogen functional groups attached to an aromatic ring is 1. The van der Waals surface area contributed by atoms with Gasteiger partial charge in [-0.1, -0.05) is 0 Å². The molecule has 0 atom stereocenters. The van der Waals surface area contributed by atoms with Crippen LogP contribution in [-0.4, -0.2) is 35.7 Å². The number of nitrogens with two attached hydrogens (primary N) is 1. The molecule has 0 amide bonds. The number of aromatic nitrogens is 4. The SMILES string of the molecule is CC(C)(OCP(=O)(O)O)n1cnc2c(N)ncnc21. The molecule has 4 N–H and O–H groups in total. The van der Waals surface area contributed by atoms with E-state index in [2.05, 4.69) is 15.0 Å². The van der Waals surface area contributed by atoms with Crippen molar-refractivity contribution in [2.45, 2.75) is 19.6 Å². The number of hydrogen-bond acceptors (Lipinski definition) is 6. The van der Waals surface area contributed by atoms with Crippen LogP contribution in [-0.2, 0) is 15.0 Å². The molecule has 0 unspecified atom stereocenters. The van der Waals surface area contributed by atoms with E-state index in [-0.39, 0.29) is 5.82 Å². The molecular formula is C9H14N5O4P. The van der Waals surface area contributed by atoms with E-state index in [0.717, 1.165) is 0 Å². The topological polar surface area (TPSA) is 136 Å². The lowest BCUT2D eigenvalue weighted by molar-refractivity contribution is -0.0588. The van der Waals surface area contributed by atoms with Crippen molar-refractivity contribution in [3.05, 3.63) is 12.7 Å². The highest BCUT2D eigenvalue weighted by molar-refractivity contribution is 7.51. The summed E-state index contributed by atoms with van der Waals surface area (Å²) in [4.78, 5) is 29.6. The first-order chi connectivity index (χ1) is 8.71. The Labute approximate surface area is 108 Å². The molecule has 2 rings (SSSR count). The van der Waals surface area contributed by atoms with Crippen molar-refractivity contribution >= 4 is 24.6 Å². The number of hydrogen-bond donors (Lipinski definition) is 3. The summed E-state index contributed by atoms with van der Waals surface area (Å²) < 4.78 is 17.6. The highest BCUT2D eigenvalue weighted by Crippen LogP contribution is 2.37. The van der Waals surface area contributed by atoms with Gasteiger partial charge in [-0.3, -0.25) is 9.13 Å².